The van der Waals surface area contributed by atoms with E-state index in [9.17, 15) is 4.79 Å². The Hall–Kier alpha value is -3.28. The molecule has 1 fully saturated rings. The number of anilines is 2. The van der Waals surface area contributed by atoms with Crippen molar-refractivity contribution in [2.45, 2.75) is 58.5 Å². The third-order valence-electron chi connectivity index (χ3n) is 6.56. The second-order valence-corrected chi connectivity index (χ2v) is 16.7. The lowest BCUT2D eigenvalue weighted by Gasteiger charge is -2.36. The van der Waals surface area contributed by atoms with Gasteiger partial charge in [0.15, 0.2) is 11.5 Å². The third kappa shape index (κ3) is 5.53. The highest BCUT2D eigenvalue weighted by atomic mass is 28.3. The summed E-state index contributed by atoms with van der Waals surface area (Å²) in [5.41, 5.74) is 8.30. The average molecular weight is 522 g/mol. The molecule has 4 aromatic rings. The maximum atomic E-state index is 13.2. The highest BCUT2D eigenvalue weighted by Crippen LogP contribution is 2.27. The molecule has 0 spiro atoms. The van der Waals surface area contributed by atoms with Crippen LogP contribution in [0.15, 0.2) is 41.6 Å². The van der Waals surface area contributed by atoms with Gasteiger partial charge in [0.2, 0.25) is 0 Å². The summed E-state index contributed by atoms with van der Waals surface area (Å²) in [6.45, 7) is 13.5. The lowest BCUT2D eigenvalue weighted by atomic mass is 10.1. The minimum absolute atomic E-state index is 0.154. The average Bonchev–Trinajstić information content (AvgIpc) is 3.25. The number of hydrogen-bond acceptors (Lipinski definition) is 8. The molecule has 2 atom stereocenters. The summed E-state index contributed by atoms with van der Waals surface area (Å²) in [5.74, 6) is 0.839. The van der Waals surface area contributed by atoms with Crippen molar-refractivity contribution in [3.05, 3.63) is 47.1 Å². The zero-order valence-electron chi connectivity index (χ0n) is 22.1. The third-order valence-corrected chi connectivity index (χ3v) is 8.26. The number of nitrogens with zero attached hydrogens (tertiary/aromatic N) is 6. The van der Waals surface area contributed by atoms with E-state index in [0.717, 1.165) is 24.8 Å². The van der Waals surface area contributed by atoms with E-state index in [1.54, 1.807) is 21.3 Å². The second kappa shape index (κ2) is 9.88. The van der Waals surface area contributed by atoms with E-state index in [2.05, 4.69) is 49.4 Å². The molecule has 0 bridgehead atoms. The van der Waals surface area contributed by atoms with Gasteiger partial charge in [0, 0.05) is 51.1 Å². The lowest BCUT2D eigenvalue weighted by molar-refractivity contribution is -0.00524. The first-order valence-electron chi connectivity index (χ1n) is 12.7. The number of nitrogens with two attached hydrogens (primary N) is 1. The van der Waals surface area contributed by atoms with E-state index in [1.165, 1.54) is 6.20 Å². The molecule has 37 heavy (non-hydrogen) atoms. The normalized spacial score (nSPS) is 18.7. The van der Waals surface area contributed by atoms with Gasteiger partial charge >= 0.3 is 0 Å². The standard InChI is InChI=1S/C26H35N7O3Si/c1-17-12-31(13-18(2)36-17)19-6-7-24-29-25(30-33(24)14-19)22-15-32(16-35-8-9-37(3,4)5)26(34)21-11-28-23(27)10-20(21)22/h6-7,10-11,14-15,17-18H,8-9,12-13,16H2,1-5H3,(H2,27,28)/t17-,18+. The Balaban J connectivity index is 1.52. The van der Waals surface area contributed by atoms with Gasteiger partial charge in [-0.2, -0.15) is 0 Å². The van der Waals surface area contributed by atoms with Crippen molar-refractivity contribution in [2.75, 3.05) is 30.3 Å². The number of fused-ring (bicyclic) bond motifs is 2. The number of pyridine rings is 3. The number of rotatable bonds is 7. The molecule has 4 aromatic heterocycles. The first-order chi connectivity index (χ1) is 17.6. The van der Waals surface area contributed by atoms with Crippen LogP contribution in [0.2, 0.25) is 25.7 Å². The van der Waals surface area contributed by atoms with Crippen LogP contribution < -0.4 is 16.2 Å². The van der Waals surface area contributed by atoms with Gasteiger partial charge in [-0.3, -0.25) is 9.36 Å². The minimum Gasteiger partial charge on any atom is -0.384 e. The largest absolute Gasteiger partial charge is 0.384 e. The molecule has 1 saturated heterocycles. The van der Waals surface area contributed by atoms with Crippen LogP contribution in [-0.4, -0.2) is 64.1 Å². The Kier molecular flexibility index (Phi) is 6.77. The molecule has 11 heteroatoms. The number of ether oxygens (including phenoxy) is 2. The van der Waals surface area contributed by atoms with Crippen LogP contribution in [0.25, 0.3) is 27.8 Å². The van der Waals surface area contributed by atoms with Gasteiger partial charge in [0.1, 0.15) is 12.5 Å². The lowest BCUT2D eigenvalue weighted by Crippen LogP contribution is -2.45. The van der Waals surface area contributed by atoms with E-state index in [-0.39, 0.29) is 24.5 Å². The van der Waals surface area contributed by atoms with Gasteiger partial charge in [0.25, 0.3) is 5.56 Å². The van der Waals surface area contributed by atoms with Crippen molar-refractivity contribution in [1.82, 2.24) is 24.1 Å². The SMILES string of the molecule is C[C@@H]1CN(c2ccc3nc(-c4cn(COCC[Si](C)(C)C)c(=O)c5cnc(N)cc45)nn3c2)C[C@H](C)O1. The van der Waals surface area contributed by atoms with Crippen molar-refractivity contribution in [2.24, 2.45) is 0 Å². The first kappa shape index (κ1) is 25.4. The Labute approximate surface area is 217 Å². The van der Waals surface area contributed by atoms with Gasteiger partial charge in [-0.1, -0.05) is 19.6 Å². The summed E-state index contributed by atoms with van der Waals surface area (Å²) in [6.07, 6.45) is 5.59. The number of morpholine rings is 1. The predicted molar refractivity (Wildman–Crippen MR) is 149 cm³/mol. The maximum absolute atomic E-state index is 13.2. The van der Waals surface area contributed by atoms with Gasteiger partial charge in [-0.05, 0) is 38.1 Å². The summed E-state index contributed by atoms with van der Waals surface area (Å²) < 4.78 is 15.1. The molecule has 196 valence electrons. The summed E-state index contributed by atoms with van der Waals surface area (Å²) in [4.78, 5) is 24.4. The molecule has 1 aliphatic rings. The molecule has 5 heterocycles. The molecule has 5 rings (SSSR count). The molecule has 0 unspecified atom stereocenters. The van der Waals surface area contributed by atoms with Crippen LogP contribution in [0, 0.1) is 0 Å². The van der Waals surface area contributed by atoms with Crippen LogP contribution in [0.4, 0.5) is 11.5 Å². The highest BCUT2D eigenvalue weighted by Gasteiger charge is 2.23. The van der Waals surface area contributed by atoms with E-state index in [1.807, 2.05) is 12.3 Å². The van der Waals surface area contributed by atoms with Gasteiger partial charge in [-0.25, -0.2) is 14.5 Å². The fraction of sp³-hybridized carbons (Fsp3) is 0.462. The molecular weight excluding hydrogens is 486 g/mol. The smallest absolute Gasteiger partial charge is 0.261 e. The number of nitrogen functional groups attached to an aromatic ring is 1. The fourth-order valence-electron chi connectivity index (χ4n) is 4.68. The molecule has 0 aliphatic carbocycles. The van der Waals surface area contributed by atoms with E-state index >= 15 is 0 Å². The first-order valence-corrected chi connectivity index (χ1v) is 16.4. The van der Waals surface area contributed by atoms with Crippen molar-refractivity contribution < 1.29 is 9.47 Å². The van der Waals surface area contributed by atoms with E-state index < -0.39 is 8.07 Å². The molecule has 0 amide bonds. The summed E-state index contributed by atoms with van der Waals surface area (Å²) in [5, 5.41) is 5.92. The monoisotopic (exact) mass is 521 g/mol. The molecule has 0 aromatic carbocycles. The molecule has 10 nitrogen and oxygen atoms in total. The van der Waals surface area contributed by atoms with Gasteiger partial charge in [0.05, 0.1) is 29.5 Å². The molecule has 2 N–H and O–H groups in total. The van der Waals surface area contributed by atoms with Gasteiger partial charge in [-0.15, -0.1) is 5.10 Å². The van der Waals surface area contributed by atoms with Crippen LogP contribution in [0.5, 0.6) is 0 Å². The zero-order valence-corrected chi connectivity index (χ0v) is 23.1. The van der Waals surface area contributed by atoms with Crippen molar-refractivity contribution >= 4 is 36.0 Å². The minimum atomic E-state index is -1.24. The Morgan fingerprint density at radius 1 is 1.14 bits per heavy atom. The fourth-order valence-corrected chi connectivity index (χ4v) is 5.44. The van der Waals surface area contributed by atoms with Crippen LogP contribution in [0.1, 0.15) is 13.8 Å². The van der Waals surface area contributed by atoms with Gasteiger partial charge < -0.3 is 20.1 Å². The van der Waals surface area contributed by atoms with Crippen LogP contribution in [0.3, 0.4) is 0 Å². The number of hydrogen-bond donors (Lipinski definition) is 1. The van der Waals surface area contributed by atoms with E-state index in [4.69, 9.17) is 25.3 Å². The molecule has 0 radical (unpaired) electrons. The Morgan fingerprint density at radius 2 is 1.89 bits per heavy atom. The summed E-state index contributed by atoms with van der Waals surface area (Å²) >= 11 is 0. The molecular formula is C26H35N7O3Si. The summed E-state index contributed by atoms with van der Waals surface area (Å²) in [6, 6.07) is 6.75. The maximum Gasteiger partial charge on any atom is 0.261 e. The van der Waals surface area contributed by atoms with Crippen LogP contribution >= 0.6 is 0 Å². The van der Waals surface area contributed by atoms with E-state index in [0.29, 0.717) is 40.2 Å². The zero-order chi connectivity index (χ0) is 26.3. The summed E-state index contributed by atoms with van der Waals surface area (Å²) in [7, 11) is -1.24. The van der Waals surface area contributed by atoms with Crippen molar-refractivity contribution in [3.63, 3.8) is 0 Å². The highest BCUT2D eigenvalue weighted by molar-refractivity contribution is 6.76. The topological polar surface area (TPSA) is 113 Å². The second-order valence-electron chi connectivity index (χ2n) is 11.1. The quantitative estimate of drug-likeness (QED) is 0.290. The van der Waals surface area contributed by atoms with Crippen molar-refractivity contribution in [1.29, 1.82) is 0 Å². The van der Waals surface area contributed by atoms with Crippen molar-refractivity contribution in [3.8, 4) is 11.4 Å². The Morgan fingerprint density at radius 3 is 2.62 bits per heavy atom. The molecule has 1 aliphatic heterocycles. The predicted octanol–water partition coefficient (Wildman–Crippen LogP) is 3.61. The van der Waals surface area contributed by atoms with Crippen LogP contribution in [-0.2, 0) is 16.2 Å². The molecule has 0 saturated carbocycles. The Bertz CT molecular complexity index is 1480. The number of aromatic nitrogens is 5.